The molecule has 2 N–H and O–H groups in total. The first-order valence-corrected chi connectivity index (χ1v) is 9.45. The molecule has 4 heterocycles. The zero-order chi connectivity index (χ0) is 16.6. The Kier molecular flexibility index (Phi) is 3.68. The number of H-pyrrole nitrogens is 1. The lowest BCUT2D eigenvalue weighted by molar-refractivity contribution is 0.643. The Morgan fingerprint density at radius 3 is 3.12 bits per heavy atom. The fourth-order valence-corrected chi connectivity index (χ4v) is 4.43. The summed E-state index contributed by atoms with van der Waals surface area (Å²) < 4.78 is 0. The molecule has 0 saturated carbocycles. The Morgan fingerprint density at radius 2 is 2.12 bits per heavy atom. The van der Waals surface area contributed by atoms with Gasteiger partial charge in [-0.25, -0.2) is 15.0 Å². The van der Waals surface area contributed by atoms with Crippen molar-refractivity contribution in [3.63, 3.8) is 0 Å². The second-order valence-corrected chi connectivity index (χ2v) is 7.38. The van der Waals surface area contributed by atoms with Crippen LogP contribution in [0.5, 0.6) is 0 Å². The second-order valence-electron chi connectivity index (χ2n) is 6.24. The molecule has 0 fully saturated rings. The number of anilines is 1. The van der Waals surface area contributed by atoms with Crippen molar-refractivity contribution in [1.29, 1.82) is 0 Å². The summed E-state index contributed by atoms with van der Waals surface area (Å²) in [5.41, 5.74) is 5.78. The van der Waals surface area contributed by atoms with Gasteiger partial charge in [-0.05, 0) is 29.7 Å². The third-order valence-electron chi connectivity index (χ3n) is 4.72. The number of rotatable bonds is 2. The number of fused-ring (bicyclic) bond motifs is 2. The third kappa shape index (κ3) is 2.69. The number of nitrogens with zero attached hydrogens (tertiary/aromatic N) is 4. The first-order chi connectivity index (χ1) is 12.4. The van der Waals surface area contributed by atoms with Crippen LogP contribution in [0.1, 0.15) is 16.7 Å². The predicted molar refractivity (Wildman–Crippen MR) is 101 cm³/mol. The van der Waals surface area contributed by atoms with Gasteiger partial charge in [-0.1, -0.05) is 18.2 Å². The van der Waals surface area contributed by atoms with Gasteiger partial charge in [0.2, 0.25) is 0 Å². The summed E-state index contributed by atoms with van der Waals surface area (Å²) in [6.07, 6.45) is 6.56. The molecule has 25 heavy (non-hydrogen) atoms. The van der Waals surface area contributed by atoms with E-state index in [2.05, 4.69) is 54.6 Å². The van der Waals surface area contributed by atoms with Gasteiger partial charge < -0.3 is 15.2 Å². The molecule has 0 aliphatic carbocycles. The highest BCUT2D eigenvalue weighted by atomic mass is 32.2. The van der Waals surface area contributed by atoms with Gasteiger partial charge in [-0.3, -0.25) is 0 Å². The molecule has 0 saturated heterocycles. The molecule has 2 aliphatic heterocycles. The molecule has 6 nitrogen and oxygen atoms in total. The number of thioether (sulfide) groups is 1. The van der Waals surface area contributed by atoms with Gasteiger partial charge in [-0.15, -0.1) is 11.8 Å². The Hall–Kier alpha value is -2.38. The van der Waals surface area contributed by atoms with Crippen molar-refractivity contribution in [3.8, 4) is 0 Å². The van der Waals surface area contributed by atoms with Gasteiger partial charge in [0.25, 0.3) is 0 Å². The van der Waals surface area contributed by atoms with Gasteiger partial charge in [0.15, 0.2) is 11.5 Å². The lowest BCUT2D eigenvalue weighted by Crippen LogP contribution is -2.25. The van der Waals surface area contributed by atoms with Crippen molar-refractivity contribution >= 4 is 33.6 Å². The van der Waals surface area contributed by atoms with Crippen LogP contribution in [0.2, 0.25) is 0 Å². The van der Waals surface area contributed by atoms with Gasteiger partial charge in [0, 0.05) is 29.9 Å². The summed E-state index contributed by atoms with van der Waals surface area (Å²) in [7, 11) is 0. The summed E-state index contributed by atoms with van der Waals surface area (Å²) >= 11 is 1.91. The normalized spacial score (nSPS) is 17.4. The Labute approximate surface area is 149 Å². The van der Waals surface area contributed by atoms with E-state index in [4.69, 9.17) is 0 Å². The van der Waals surface area contributed by atoms with Gasteiger partial charge >= 0.3 is 0 Å². The van der Waals surface area contributed by atoms with Crippen LogP contribution in [0.25, 0.3) is 16.1 Å². The Bertz CT molecular complexity index is 963. The summed E-state index contributed by atoms with van der Waals surface area (Å²) in [4.78, 5) is 19.6. The topological polar surface area (TPSA) is 69.7 Å². The highest BCUT2D eigenvalue weighted by Gasteiger charge is 2.19. The molecule has 0 amide bonds. The largest absolute Gasteiger partial charge is 0.340 e. The molecule has 0 radical (unpaired) electrons. The average molecular weight is 350 g/mol. The van der Waals surface area contributed by atoms with Crippen molar-refractivity contribution in [2.24, 2.45) is 0 Å². The van der Waals surface area contributed by atoms with Crippen LogP contribution in [0.3, 0.4) is 0 Å². The molecule has 126 valence electrons. The van der Waals surface area contributed by atoms with Gasteiger partial charge in [0.05, 0.1) is 6.33 Å². The van der Waals surface area contributed by atoms with E-state index in [1.54, 1.807) is 12.7 Å². The third-order valence-corrected chi connectivity index (χ3v) is 5.75. The maximum absolute atomic E-state index is 4.48. The number of hydrogen-bond acceptors (Lipinski definition) is 6. The van der Waals surface area contributed by atoms with Crippen molar-refractivity contribution in [3.05, 3.63) is 53.7 Å². The Morgan fingerprint density at radius 1 is 1.12 bits per heavy atom. The van der Waals surface area contributed by atoms with Crippen molar-refractivity contribution in [2.45, 2.75) is 13.0 Å². The van der Waals surface area contributed by atoms with Crippen LogP contribution in [0.4, 0.5) is 5.82 Å². The van der Waals surface area contributed by atoms with Gasteiger partial charge in [0.1, 0.15) is 11.8 Å². The van der Waals surface area contributed by atoms with E-state index in [0.717, 1.165) is 43.1 Å². The standard InChI is InChI=1S/C18H18N6S/c1-2-14-8-19-4-3-12(14)7-13(1)15-9-24(5-6-25-15)18-16-17(21-10-20-16)22-11-23-18/h1-2,7,9-11,19H,3-6,8H2,(H,20,21,22,23). The van der Waals surface area contributed by atoms with E-state index in [-0.39, 0.29) is 0 Å². The van der Waals surface area contributed by atoms with Crippen LogP contribution in [-0.4, -0.2) is 38.8 Å². The van der Waals surface area contributed by atoms with Crippen LogP contribution >= 0.6 is 11.8 Å². The first kappa shape index (κ1) is 14.9. The number of imidazole rings is 1. The maximum atomic E-state index is 4.48. The van der Waals surface area contributed by atoms with E-state index in [9.17, 15) is 0 Å². The average Bonchev–Trinajstić information content (AvgIpc) is 3.16. The summed E-state index contributed by atoms with van der Waals surface area (Å²) in [6.45, 7) is 2.97. The molecule has 0 spiro atoms. The van der Waals surface area contributed by atoms with E-state index < -0.39 is 0 Å². The van der Waals surface area contributed by atoms with Crippen molar-refractivity contribution in [1.82, 2.24) is 25.3 Å². The molecular formula is C18H18N6S. The summed E-state index contributed by atoms with van der Waals surface area (Å²) in [6, 6.07) is 6.85. The minimum Gasteiger partial charge on any atom is -0.340 e. The SMILES string of the molecule is C1=C(c2ccc3c(c2)CCNC3)SCCN1c1ncnc2nc[nH]c12. The van der Waals surface area contributed by atoms with E-state index in [0.29, 0.717) is 5.65 Å². The molecule has 0 unspecified atom stereocenters. The molecular weight excluding hydrogens is 332 g/mol. The molecule has 7 heteroatoms. The fraction of sp³-hybridized carbons (Fsp3) is 0.278. The zero-order valence-electron chi connectivity index (χ0n) is 13.7. The first-order valence-electron chi connectivity index (χ1n) is 8.47. The molecule has 2 aromatic heterocycles. The fourth-order valence-electron chi connectivity index (χ4n) is 3.42. The van der Waals surface area contributed by atoms with Crippen molar-refractivity contribution < 1.29 is 0 Å². The number of hydrogen-bond donors (Lipinski definition) is 2. The second kappa shape index (κ2) is 6.16. The number of aromatic nitrogens is 4. The molecule has 1 aromatic carbocycles. The summed E-state index contributed by atoms with van der Waals surface area (Å²) in [5.74, 6) is 1.92. The number of nitrogens with one attached hydrogen (secondary N) is 2. The monoisotopic (exact) mass is 350 g/mol. The van der Waals surface area contributed by atoms with E-state index in [1.807, 2.05) is 11.8 Å². The Balaban J connectivity index is 1.53. The van der Waals surface area contributed by atoms with Crippen molar-refractivity contribution in [2.75, 3.05) is 23.7 Å². The van der Waals surface area contributed by atoms with Crippen LogP contribution in [-0.2, 0) is 13.0 Å². The quantitative estimate of drug-likeness (QED) is 0.740. The van der Waals surface area contributed by atoms with Crippen LogP contribution in [0, 0.1) is 0 Å². The lowest BCUT2D eigenvalue weighted by Gasteiger charge is -2.26. The minimum absolute atomic E-state index is 0.708. The predicted octanol–water partition coefficient (Wildman–Crippen LogP) is 2.55. The maximum Gasteiger partial charge on any atom is 0.182 e. The smallest absolute Gasteiger partial charge is 0.182 e. The summed E-state index contributed by atoms with van der Waals surface area (Å²) in [5, 5.41) is 3.43. The molecule has 5 rings (SSSR count). The zero-order valence-corrected chi connectivity index (χ0v) is 14.5. The highest BCUT2D eigenvalue weighted by Crippen LogP contribution is 2.35. The van der Waals surface area contributed by atoms with Crippen LogP contribution in [0.15, 0.2) is 37.1 Å². The molecule has 0 atom stereocenters. The molecule has 2 aliphatic rings. The van der Waals surface area contributed by atoms with E-state index in [1.165, 1.54) is 21.6 Å². The molecule has 0 bridgehead atoms. The van der Waals surface area contributed by atoms with E-state index >= 15 is 0 Å². The highest BCUT2D eigenvalue weighted by molar-refractivity contribution is 8.08. The van der Waals surface area contributed by atoms with Gasteiger partial charge in [-0.2, -0.15) is 0 Å². The number of benzene rings is 1. The number of aromatic amines is 1. The minimum atomic E-state index is 0.708. The lowest BCUT2D eigenvalue weighted by atomic mass is 9.98. The molecule has 3 aromatic rings. The van der Waals surface area contributed by atoms with Crippen LogP contribution < -0.4 is 10.2 Å².